The van der Waals surface area contributed by atoms with Crippen LogP contribution in [0.3, 0.4) is 0 Å². The van der Waals surface area contributed by atoms with Gasteiger partial charge in [0.1, 0.15) is 0 Å². The Kier molecular flexibility index (Phi) is 5.42. The zero-order chi connectivity index (χ0) is 12.9. The fraction of sp³-hybridized carbons (Fsp3) is 0.929. The topological polar surface area (TPSA) is 30.3 Å². The molecule has 0 aromatic rings. The van der Waals surface area contributed by atoms with Crippen LogP contribution in [0.15, 0.2) is 0 Å². The normalized spacial score (nSPS) is 22.0. The number of nitriles is 1. The van der Waals surface area contributed by atoms with E-state index in [2.05, 4.69) is 29.8 Å². The quantitative estimate of drug-likeness (QED) is 0.710. The SMILES string of the molecule is CCN1CCCC1CN(C)CCC(C)(C)C#N. The van der Waals surface area contributed by atoms with E-state index in [0.29, 0.717) is 0 Å². The molecule has 1 rings (SSSR count). The number of hydrogen-bond donors (Lipinski definition) is 0. The van der Waals surface area contributed by atoms with Gasteiger partial charge in [-0.15, -0.1) is 0 Å². The molecule has 0 amide bonds. The van der Waals surface area contributed by atoms with Gasteiger partial charge in [0.25, 0.3) is 0 Å². The molecular weight excluding hydrogens is 210 g/mol. The van der Waals surface area contributed by atoms with Crippen molar-refractivity contribution < 1.29 is 0 Å². The van der Waals surface area contributed by atoms with Gasteiger partial charge in [-0.25, -0.2) is 0 Å². The highest BCUT2D eigenvalue weighted by atomic mass is 15.2. The van der Waals surface area contributed by atoms with Crippen molar-refractivity contribution >= 4 is 0 Å². The van der Waals surface area contributed by atoms with Crippen molar-refractivity contribution in [2.75, 3.05) is 33.2 Å². The minimum atomic E-state index is -0.186. The summed E-state index contributed by atoms with van der Waals surface area (Å²) < 4.78 is 0. The minimum Gasteiger partial charge on any atom is -0.305 e. The average molecular weight is 237 g/mol. The molecule has 0 spiro atoms. The summed E-state index contributed by atoms with van der Waals surface area (Å²) in [6, 6.07) is 3.10. The molecule has 0 radical (unpaired) electrons. The van der Waals surface area contributed by atoms with Crippen molar-refractivity contribution in [2.45, 2.75) is 46.1 Å². The number of likely N-dealkylation sites (N-methyl/N-ethyl adjacent to an activating group) is 2. The summed E-state index contributed by atoms with van der Waals surface area (Å²) in [5.41, 5.74) is -0.186. The van der Waals surface area contributed by atoms with Crippen LogP contribution in [0.4, 0.5) is 0 Å². The Labute approximate surface area is 106 Å². The second kappa shape index (κ2) is 6.37. The van der Waals surface area contributed by atoms with Gasteiger partial charge in [0.05, 0.1) is 11.5 Å². The van der Waals surface area contributed by atoms with E-state index in [0.717, 1.165) is 25.6 Å². The molecule has 1 aliphatic rings. The first-order valence-corrected chi connectivity index (χ1v) is 6.82. The summed E-state index contributed by atoms with van der Waals surface area (Å²) in [5.74, 6) is 0. The number of nitrogens with zero attached hydrogens (tertiary/aromatic N) is 3. The van der Waals surface area contributed by atoms with Gasteiger partial charge in [0.15, 0.2) is 0 Å². The average Bonchev–Trinajstić information content (AvgIpc) is 2.74. The van der Waals surface area contributed by atoms with Crippen LogP contribution >= 0.6 is 0 Å². The standard InChI is InChI=1S/C14H27N3/c1-5-17-9-6-7-13(17)11-16(4)10-8-14(2,3)12-15/h13H,5-11H2,1-4H3. The van der Waals surface area contributed by atoms with Crippen LogP contribution in [0, 0.1) is 16.7 Å². The predicted molar refractivity (Wildman–Crippen MR) is 71.8 cm³/mol. The number of likely N-dealkylation sites (tertiary alicyclic amines) is 1. The Bertz CT molecular complexity index is 267. The smallest absolute Gasteiger partial charge is 0.0684 e. The van der Waals surface area contributed by atoms with E-state index in [1.54, 1.807) is 0 Å². The first-order chi connectivity index (χ1) is 7.98. The molecule has 1 unspecified atom stereocenters. The lowest BCUT2D eigenvalue weighted by atomic mass is 9.91. The molecule has 0 N–H and O–H groups in total. The van der Waals surface area contributed by atoms with Gasteiger partial charge in [-0.3, -0.25) is 4.90 Å². The van der Waals surface area contributed by atoms with Crippen molar-refractivity contribution in [1.82, 2.24) is 9.80 Å². The molecule has 0 aliphatic carbocycles. The molecular formula is C14H27N3. The fourth-order valence-electron chi connectivity index (χ4n) is 2.50. The maximum atomic E-state index is 8.99. The van der Waals surface area contributed by atoms with Crippen LogP contribution < -0.4 is 0 Å². The zero-order valence-electron chi connectivity index (χ0n) is 11.9. The molecule has 3 nitrogen and oxygen atoms in total. The fourth-order valence-corrected chi connectivity index (χ4v) is 2.50. The molecule has 1 heterocycles. The van der Waals surface area contributed by atoms with Gasteiger partial charge >= 0.3 is 0 Å². The third-order valence-corrected chi connectivity index (χ3v) is 3.85. The Hall–Kier alpha value is -0.590. The predicted octanol–water partition coefficient (Wildman–Crippen LogP) is 2.34. The molecule has 17 heavy (non-hydrogen) atoms. The van der Waals surface area contributed by atoms with Crippen molar-refractivity contribution in [1.29, 1.82) is 5.26 Å². The minimum absolute atomic E-state index is 0.186. The summed E-state index contributed by atoms with van der Waals surface area (Å²) in [6.07, 6.45) is 3.63. The van der Waals surface area contributed by atoms with Crippen LogP contribution in [0.5, 0.6) is 0 Å². The number of rotatable bonds is 6. The van der Waals surface area contributed by atoms with E-state index >= 15 is 0 Å². The van der Waals surface area contributed by atoms with E-state index in [1.165, 1.54) is 25.9 Å². The lowest BCUT2D eigenvalue weighted by Crippen LogP contribution is -2.39. The van der Waals surface area contributed by atoms with Crippen LogP contribution in [-0.2, 0) is 0 Å². The van der Waals surface area contributed by atoms with E-state index in [-0.39, 0.29) is 5.41 Å². The van der Waals surface area contributed by atoms with Crippen LogP contribution in [0.25, 0.3) is 0 Å². The van der Waals surface area contributed by atoms with Crippen molar-refractivity contribution in [3.63, 3.8) is 0 Å². The van der Waals surface area contributed by atoms with E-state index < -0.39 is 0 Å². The zero-order valence-corrected chi connectivity index (χ0v) is 11.9. The monoisotopic (exact) mass is 237 g/mol. The second-order valence-electron chi connectivity index (χ2n) is 5.93. The molecule has 1 fully saturated rings. The number of hydrogen-bond acceptors (Lipinski definition) is 3. The van der Waals surface area contributed by atoms with Gasteiger partial charge in [0.2, 0.25) is 0 Å². The lowest BCUT2D eigenvalue weighted by molar-refractivity contribution is 0.189. The van der Waals surface area contributed by atoms with Gasteiger partial charge in [-0.1, -0.05) is 6.92 Å². The highest BCUT2D eigenvalue weighted by Gasteiger charge is 2.24. The summed E-state index contributed by atoms with van der Waals surface area (Å²) in [4.78, 5) is 4.96. The lowest BCUT2D eigenvalue weighted by Gasteiger charge is -2.29. The molecule has 3 heteroatoms. The molecule has 0 aromatic heterocycles. The highest BCUT2D eigenvalue weighted by molar-refractivity contribution is 4.92. The first-order valence-electron chi connectivity index (χ1n) is 6.82. The third kappa shape index (κ3) is 4.65. The van der Waals surface area contributed by atoms with Crippen LogP contribution in [0.2, 0.25) is 0 Å². The maximum Gasteiger partial charge on any atom is 0.0684 e. The molecule has 0 saturated carbocycles. The van der Waals surface area contributed by atoms with Crippen molar-refractivity contribution in [2.24, 2.45) is 5.41 Å². The first kappa shape index (κ1) is 14.5. The van der Waals surface area contributed by atoms with Gasteiger partial charge < -0.3 is 4.90 Å². The largest absolute Gasteiger partial charge is 0.305 e. The van der Waals surface area contributed by atoms with Gasteiger partial charge in [-0.05, 0) is 59.8 Å². The summed E-state index contributed by atoms with van der Waals surface area (Å²) in [5, 5.41) is 8.99. The Morgan fingerprint density at radius 1 is 1.47 bits per heavy atom. The van der Waals surface area contributed by atoms with Gasteiger partial charge in [0, 0.05) is 12.6 Å². The second-order valence-corrected chi connectivity index (χ2v) is 5.93. The van der Waals surface area contributed by atoms with Crippen LogP contribution in [-0.4, -0.2) is 49.1 Å². The molecule has 0 bridgehead atoms. The van der Waals surface area contributed by atoms with E-state index in [9.17, 15) is 0 Å². The molecule has 1 aliphatic heterocycles. The summed E-state index contributed by atoms with van der Waals surface area (Å²) in [6.45, 7) is 10.9. The molecule has 1 saturated heterocycles. The van der Waals surface area contributed by atoms with Crippen LogP contribution in [0.1, 0.15) is 40.0 Å². The van der Waals surface area contributed by atoms with Crippen molar-refractivity contribution in [3.8, 4) is 6.07 Å². The Morgan fingerprint density at radius 3 is 2.76 bits per heavy atom. The Morgan fingerprint density at radius 2 is 2.18 bits per heavy atom. The van der Waals surface area contributed by atoms with Crippen molar-refractivity contribution in [3.05, 3.63) is 0 Å². The van der Waals surface area contributed by atoms with E-state index in [4.69, 9.17) is 5.26 Å². The van der Waals surface area contributed by atoms with E-state index in [1.807, 2.05) is 13.8 Å². The molecule has 98 valence electrons. The Balaban J connectivity index is 2.30. The summed E-state index contributed by atoms with van der Waals surface area (Å²) in [7, 11) is 2.18. The molecule has 0 aromatic carbocycles. The molecule has 1 atom stereocenters. The summed E-state index contributed by atoms with van der Waals surface area (Å²) >= 11 is 0. The maximum absolute atomic E-state index is 8.99. The third-order valence-electron chi connectivity index (χ3n) is 3.85. The highest BCUT2D eigenvalue weighted by Crippen LogP contribution is 2.20. The van der Waals surface area contributed by atoms with Gasteiger partial charge in [-0.2, -0.15) is 5.26 Å².